The van der Waals surface area contributed by atoms with Gasteiger partial charge in [0.25, 0.3) is 11.5 Å². The number of rotatable bonds is 4. The van der Waals surface area contributed by atoms with Gasteiger partial charge in [0.1, 0.15) is 23.2 Å². The Balaban J connectivity index is 1.79. The van der Waals surface area contributed by atoms with Crippen molar-refractivity contribution >= 4 is 22.6 Å². The molecule has 170 valence electrons. The number of nitriles is 1. The number of aryl methyl sites for hydroxylation is 2. The summed E-state index contributed by atoms with van der Waals surface area (Å²) in [6.07, 6.45) is 2.17. The lowest BCUT2D eigenvalue weighted by atomic mass is 10.1. The minimum Gasteiger partial charge on any atom is -0.309 e. The van der Waals surface area contributed by atoms with Crippen LogP contribution in [0.1, 0.15) is 21.5 Å². The van der Waals surface area contributed by atoms with Crippen molar-refractivity contribution in [3.63, 3.8) is 0 Å². The Labute approximate surface area is 198 Å². The maximum atomic E-state index is 13.3. The lowest BCUT2D eigenvalue weighted by Gasteiger charge is -2.13. The Bertz CT molecular complexity index is 1750. The van der Waals surface area contributed by atoms with E-state index in [0.29, 0.717) is 24.3 Å². The number of amides is 1. The van der Waals surface area contributed by atoms with Crippen LogP contribution in [0.5, 0.6) is 0 Å². The van der Waals surface area contributed by atoms with E-state index in [0.717, 1.165) is 5.56 Å². The third-order valence-electron chi connectivity index (χ3n) is 5.68. The van der Waals surface area contributed by atoms with Crippen molar-refractivity contribution in [2.24, 2.45) is 4.99 Å². The van der Waals surface area contributed by atoms with Crippen LogP contribution in [0.2, 0.25) is 0 Å². The van der Waals surface area contributed by atoms with E-state index in [4.69, 9.17) is 0 Å². The first-order valence-corrected chi connectivity index (χ1v) is 10.9. The second kappa shape index (κ2) is 9.15. The zero-order valence-corrected chi connectivity index (χ0v) is 18.4. The second-order valence-corrected chi connectivity index (χ2v) is 7.89. The Morgan fingerprint density at radius 3 is 2.51 bits per heavy atom. The first kappa shape index (κ1) is 21.9. The van der Waals surface area contributed by atoms with Crippen molar-refractivity contribution in [1.29, 1.82) is 5.26 Å². The monoisotopic (exact) mass is 463 g/mol. The number of carbonyl (C=O) groups excluding carboxylic acids is 1. The highest BCUT2D eigenvalue weighted by Crippen LogP contribution is 2.12. The Morgan fingerprint density at radius 2 is 1.77 bits per heavy atom. The minimum atomic E-state index is -0.633. The van der Waals surface area contributed by atoms with Crippen molar-refractivity contribution in [1.82, 2.24) is 14.0 Å². The van der Waals surface area contributed by atoms with Crippen LogP contribution in [0.15, 0.2) is 94.8 Å². The number of benzene rings is 2. The van der Waals surface area contributed by atoms with Crippen LogP contribution in [-0.4, -0.2) is 19.9 Å². The molecule has 0 saturated heterocycles. The number of carbonyl (C=O) groups is 1. The fourth-order valence-electron chi connectivity index (χ4n) is 3.93. The molecule has 0 N–H and O–H groups in total. The summed E-state index contributed by atoms with van der Waals surface area (Å²) < 4.78 is 16.4. The van der Waals surface area contributed by atoms with E-state index in [2.05, 4.69) is 16.0 Å². The molecule has 3 heterocycles. The summed E-state index contributed by atoms with van der Waals surface area (Å²) in [5, 5.41) is 10.1. The van der Waals surface area contributed by atoms with Crippen LogP contribution < -0.4 is 11.0 Å². The topological polar surface area (TPSA) is 92.5 Å². The van der Waals surface area contributed by atoms with Gasteiger partial charge in [-0.2, -0.15) is 10.3 Å². The predicted octanol–water partition coefficient (Wildman–Crippen LogP) is 3.64. The molecular formula is C27H18FN5O2. The van der Waals surface area contributed by atoms with Crippen molar-refractivity contribution in [2.45, 2.75) is 13.0 Å². The van der Waals surface area contributed by atoms with E-state index < -0.39 is 11.7 Å². The summed E-state index contributed by atoms with van der Waals surface area (Å²) in [6.45, 7) is 0.320. The largest absolute Gasteiger partial charge is 0.309 e. The zero-order valence-electron chi connectivity index (χ0n) is 18.4. The van der Waals surface area contributed by atoms with Gasteiger partial charge in [-0.05, 0) is 54.4 Å². The highest BCUT2D eigenvalue weighted by molar-refractivity contribution is 5.95. The SMILES string of the molecule is N#Cc1cc2c(=O)n3ccccc3nc2n(CCc2ccccc2)c1=NC(=O)c1ccc(F)cc1. The number of hydrogen-bond donors (Lipinski definition) is 0. The fraction of sp³-hybridized carbons (Fsp3) is 0.0741. The molecule has 35 heavy (non-hydrogen) atoms. The summed E-state index contributed by atoms with van der Waals surface area (Å²) >= 11 is 0. The number of hydrogen-bond acceptors (Lipinski definition) is 4. The van der Waals surface area contributed by atoms with Gasteiger partial charge in [-0.15, -0.1) is 0 Å². The molecule has 0 atom stereocenters. The number of pyridine rings is 2. The van der Waals surface area contributed by atoms with Crippen LogP contribution in [0.25, 0.3) is 16.7 Å². The number of aromatic nitrogens is 3. The number of fused-ring (bicyclic) bond motifs is 2. The number of halogens is 1. The molecule has 8 heteroatoms. The number of nitrogens with zero attached hydrogens (tertiary/aromatic N) is 5. The van der Waals surface area contributed by atoms with Crippen molar-refractivity contribution in [3.05, 3.63) is 123 Å². The van der Waals surface area contributed by atoms with Crippen LogP contribution in [0.3, 0.4) is 0 Å². The molecule has 0 aliphatic rings. The van der Waals surface area contributed by atoms with Gasteiger partial charge in [0, 0.05) is 18.3 Å². The summed E-state index contributed by atoms with van der Waals surface area (Å²) in [6, 6.07) is 23.4. The fourth-order valence-corrected chi connectivity index (χ4v) is 3.93. The minimum absolute atomic E-state index is 0.0656. The van der Waals surface area contributed by atoms with E-state index in [1.165, 1.54) is 34.7 Å². The van der Waals surface area contributed by atoms with E-state index in [9.17, 15) is 19.2 Å². The molecule has 0 saturated carbocycles. The third-order valence-corrected chi connectivity index (χ3v) is 5.68. The predicted molar refractivity (Wildman–Crippen MR) is 128 cm³/mol. The molecule has 7 nitrogen and oxygen atoms in total. The maximum Gasteiger partial charge on any atom is 0.278 e. The van der Waals surface area contributed by atoms with E-state index in [1.807, 2.05) is 30.3 Å². The van der Waals surface area contributed by atoms with Gasteiger partial charge >= 0.3 is 0 Å². The highest BCUT2D eigenvalue weighted by Gasteiger charge is 2.15. The van der Waals surface area contributed by atoms with Gasteiger partial charge in [0.05, 0.1) is 10.9 Å². The van der Waals surface area contributed by atoms with Gasteiger partial charge in [-0.3, -0.25) is 14.0 Å². The van der Waals surface area contributed by atoms with Crippen molar-refractivity contribution in [3.8, 4) is 6.07 Å². The van der Waals surface area contributed by atoms with Gasteiger partial charge in [-0.1, -0.05) is 36.4 Å². The van der Waals surface area contributed by atoms with E-state index in [-0.39, 0.29) is 27.6 Å². The van der Waals surface area contributed by atoms with E-state index in [1.54, 1.807) is 29.0 Å². The first-order chi connectivity index (χ1) is 17.0. The van der Waals surface area contributed by atoms with Gasteiger partial charge in [0.15, 0.2) is 5.49 Å². The molecule has 0 bridgehead atoms. The molecule has 0 aliphatic heterocycles. The molecule has 0 spiro atoms. The average molecular weight is 463 g/mol. The molecule has 5 rings (SSSR count). The van der Waals surface area contributed by atoms with Gasteiger partial charge in [-0.25, -0.2) is 9.37 Å². The molecule has 0 radical (unpaired) electrons. The molecule has 0 aliphatic carbocycles. The average Bonchev–Trinajstić information content (AvgIpc) is 2.89. The lowest BCUT2D eigenvalue weighted by molar-refractivity contribution is 0.0997. The molecule has 2 aromatic carbocycles. The molecule has 3 aromatic heterocycles. The second-order valence-electron chi connectivity index (χ2n) is 7.89. The zero-order chi connectivity index (χ0) is 24.4. The van der Waals surface area contributed by atoms with Crippen LogP contribution >= 0.6 is 0 Å². The Hall–Kier alpha value is -4.90. The quantitative estimate of drug-likeness (QED) is 0.381. The van der Waals surface area contributed by atoms with Crippen LogP contribution in [0.4, 0.5) is 4.39 Å². The summed E-state index contributed by atoms with van der Waals surface area (Å²) in [5.41, 5.74) is 1.79. The van der Waals surface area contributed by atoms with Crippen LogP contribution in [-0.2, 0) is 13.0 Å². The van der Waals surface area contributed by atoms with Gasteiger partial charge < -0.3 is 4.57 Å². The lowest BCUT2D eigenvalue weighted by Crippen LogP contribution is -2.30. The highest BCUT2D eigenvalue weighted by atomic mass is 19.1. The molecule has 1 amide bonds. The normalized spacial score (nSPS) is 11.6. The third kappa shape index (κ3) is 4.23. The van der Waals surface area contributed by atoms with E-state index >= 15 is 0 Å². The van der Waals surface area contributed by atoms with Gasteiger partial charge in [0.2, 0.25) is 0 Å². The Morgan fingerprint density at radius 1 is 1.03 bits per heavy atom. The van der Waals surface area contributed by atoms with Crippen molar-refractivity contribution in [2.75, 3.05) is 0 Å². The summed E-state index contributed by atoms with van der Waals surface area (Å²) in [7, 11) is 0. The first-order valence-electron chi connectivity index (χ1n) is 10.9. The summed E-state index contributed by atoms with van der Waals surface area (Å²) in [5.74, 6) is -1.11. The smallest absolute Gasteiger partial charge is 0.278 e. The summed E-state index contributed by atoms with van der Waals surface area (Å²) in [4.78, 5) is 35.1. The molecule has 0 unspecified atom stereocenters. The molecule has 5 aromatic rings. The Kier molecular flexibility index (Phi) is 5.73. The molecular weight excluding hydrogens is 445 g/mol. The standard InChI is InChI=1S/C27H18FN5O2/c28-21-11-9-19(10-12-21)26(34)31-24-20(17-29)16-22-25(30-23-8-4-5-14-32(23)27(22)35)33(24)15-13-18-6-2-1-3-7-18/h1-12,14,16H,13,15H2. The molecule has 0 fully saturated rings. The maximum absolute atomic E-state index is 13.3. The van der Waals surface area contributed by atoms with Crippen molar-refractivity contribution < 1.29 is 9.18 Å². The van der Waals surface area contributed by atoms with Crippen LogP contribution in [0, 0.1) is 17.1 Å².